The minimum Gasteiger partial charge on any atom is -0.480 e. The summed E-state index contributed by atoms with van der Waals surface area (Å²) in [4.78, 5) is 11.5. The van der Waals surface area contributed by atoms with Crippen molar-refractivity contribution in [2.45, 2.75) is 23.5 Å². The van der Waals surface area contributed by atoms with Gasteiger partial charge in [0.15, 0.2) is 0 Å². The molecule has 0 fully saturated rings. The Balaban J connectivity index is 3.02. The lowest BCUT2D eigenvalue weighted by molar-refractivity contribution is -0.136. The van der Waals surface area contributed by atoms with Crippen LogP contribution in [-0.4, -0.2) is 16.3 Å². The number of carboxylic acids is 1. The maximum atomic E-state index is 10.9. The molecule has 1 aromatic carbocycles. The van der Waals surface area contributed by atoms with Crippen molar-refractivity contribution in [3.05, 3.63) is 28.8 Å². The van der Waals surface area contributed by atoms with E-state index in [1.165, 1.54) is 0 Å². The van der Waals surface area contributed by atoms with E-state index >= 15 is 0 Å². The minimum absolute atomic E-state index is 0.342. The van der Waals surface area contributed by atoms with E-state index in [0.717, 1.165) is 11.8 Å². The van der Waals surface area contributed by atoms with Crippen LogP contribution in [-0.2, 0) is 4.79 Å². The van der Waals surface area contributed by atoms with Crippen LogP contribution in [0.25, 0.3) is 0 Å². The minimum atomic E-state index is -0.878. The molecule has 0 heterocycles. The van der Waals surface area contributed by atoms with Crippen molar-refractivity contribution in [2.75, 3.05) is 0 Å². The van der Waals surface area contributed by atoms with Crippen LogP contribution in [0.2, 0.25) is 5.02 Å². The van der Waals surface area contributed by atoms with Crippen LogP contribution in [0.5, 0.6) is 0 Å². The Labute approximate surface area is 103 Å². The van der Waals surface area contributed by atoms with Gasteiger partial charge in [0.05, 0.1) is 10.6 Å². The Morgan fingerprint density at radius 1 is 1.69 bits per heavy atom. The standard InChI is InChI=1S/C11H10ClNO2S/c1-2-9(11(14)15)16-10-5-3-4-8(12)7(10)6-13/h3-5,9H,2H2,1H3,(H,14,15). The monoisotopic (exact) mass is 255 g/mol. The summed E-state index contributed by atoms with van der Waals surface area (Å²) < 4.78 is 0. The number of nitriles is 1. The highest BCUT2D eigenvalue weighted by molar-refractivity contribution is 8.00. The number of hydrogen-bond acceptors (Lipinski definition) is 3. The van der Waals surface area contributed by atoms with Crippen LogP contribution in [0, 0.1) is 11.3 Å². The van der Waals surface area contributed by atoms with Crippen LogP contribution in [0.3, 0.4) is 0 Å². The first kappa shape index (κ1) is 12.9. The second-order valence-electron chi connectivity index (χ2n) is 3.08. The predicted molar refractivity (Wildman–Crippen MR) is 63.7 cm³/mol. The van der Waals surface area contributed by atoms with Gasteiger partial charge >= 0.3 is 5.97 Å². The molecule has 1 aromatic rings. The molecule has 1 N–H and O–H groups in total. The molecule has 84 valence electrons. The molecule has 0 aliphatic rings. The van der Waals surface area contributed by atoms with Crippen LogP contribution in [0.4, 0.5) is 0 Å². The van der Waals surface area contributed by atoms with Gasteiger partial charge in [-0.1, -0.05) is 24.6 Å². The van der Waals surface area contributed by atoms with Gasteiger partial charge in [-0.15, -0.1) is 11.8 Å². The molecule has 0 aliphatic carbocycles. The van der Waals surface area contributed by atoms with E-state index in [1.807, 2.05) is 6.07 Å². The summed E-state index contributed by atoms with van der Waals surface area (Å²) in [5, 5.41) is 17.7. The SMILES string of the molecule is CCC(Sc1cccc(Cl)c1C#N)C(=O)O. The van der Waals surface area contributed by atoms with Crippen LogP contribution in [0.15, 0.2) is 23.1 Å². The van der Waals surface area contributed by atoms with E-state index in [4.69, 9.17) is 22.0 Å². The number of nitrogens with zero attached hydrogens (tertiary/aromatic N) is 1. The Bertz CT molecular complexity index is 442. The topological polar surface area (TPSA) is 61.1 Å². The van der Waals surface area contributed by atoms with Crippen LogP contribution in [0.1, 0.15) is 18.9 Å². The predicted octanol–water partition coefficient (Wildman–Crippen LogP) is 3.17. The molecule has 0 radical (unpaired) electrons. The van der Waals surface area contributed by atoms with Gasteiger partial charge in [0.25, 0.3) is 0 Å². The second kappa shape index (κ2) is 5.78. The Hall–Kier alpha value is -1.18. The maximum Gasteiger partial charge on any atom is 0.316 e. The molecule has 1 atom stereocenters. The van der Waals surface area contributed by atoms with E-state index in [2.05, 4.69) is 0 Å². The number of benzene rings is 1. The van der Waals surface area contributed by atoms with Gasteiger partial charge in [0, 0.05) is 4.90 Å². The Kier molecular flexibility index (Phi) is 4.66. The molecular formula is C11H10ClNO2S. The van der Waals surface area contributed by atoms with Crippen molar-refractivity contribution in [3.8, 4) is 6.07 Å². The summed E-state index contributed by atoms with van der Waals surface area (Å²) in [5.41, 5.74) is 0.342. The number of rotatable bonds is 4. The third kappa shape index (κ3) is 2.91. The zero-order valence-corrected chi connectivity index (χ0v) is 10.2. The molecule has 3 nitrogen and oxygen atoms in total. The zero-order valence-electron chi connectivity index (χ0n) is 8.61. The number of thioether (sulfide) groups is 1. The molecule has 0 amide bonds. The van der Waals surface area contributed by atoms with Crippen molar-refractivity contribution < 1.29 is 9.90 Å². The Morgan fingerprint density at radius 2 is 2.38 bits per heavy atom. The molecule has 0 bridgehead atoms. The van der Waals surface area contributed by atoms with Crippen molar-refractivity contribution in [2.24, 2.45) is 0 Å². The molecule has 0 saturated carbocycles. The van der Waals surface area contributed by atoms with E-state index in [9.17, 15) is 4.79 Å². The van der Waals surface area contributed by atoms with Crippen LogP contribution < -0.4 is 0 Å². The van der Waals surface area contributed by atoms with E-state index in [-0.39, 0.29) is 0 Å². The largest absolute Gasteiger partial charge is 0.480 e. The van der Waals surface area contributed by atoms with Crippen molar-refractivity contribution in [3.63, 3.8) is 0 Å². The van der Waals surface area contributed by atoms with E-state index < -0.39 is 11.2 Å². The lowest BCUT2D eigenvalue weighted by Gasteiger charge is -2.10. The summed E-state index contributed by atoms with van der Waals surface area (Å²) in [5.74, 6) is -0.878. The third-order valence-electron chi connectivity index (χ3n) is 2.00. The summed E-state index contributed by atoms with van der Waals surface area (Å²) in [6.45, 7) is 1.79. The highest BCUT2D eigenvalue weighted by Gasteiger charge is 2.18. The summed E-state index contributed by atoms with van der Waals surface area (Å²) in [7, 11) is 0. The molecule has 1 rings (SSSR count). The summed E-state index contributed by atoms with van der Waals surface area (Å²) in [6, 6.07) is 7.02. The summed E-state index contributed by atoms with van der Waals surface area (Å²) in [6.07, 6.45) is 0.497. The first-order chi connectivity index (χ1) is 7.60. The third-order valence-corrected chi connectivity index (χ3v) is 3.73. The number of carbonyl (C=O) groups is 1. The lowest BCUT2D eigenvalue weighted by Crippen LogP contribution is -2.14. The van der Waals surface area contributed by atoms with Gasteiger partial charge < -0.3 is 5.11 Å². The van der Waals surface area contributed by atoms with E-state index in [0.29, 0.717) is 21.9 Å². The van der Waals surface area contributed by atoms with Crippen LogP contribution >= 0.6 is 23.4 Å². The average Bonchev–Trinajstić information content (AvgIpc) is 2.25. The number of aliphatic carboxylic acids is 1. The fraction of sp³-hybridized carbons (Fsp3) is 0.273. The number of halogens is 1. The second-order valence-corrected chi connectivity index (χ2v) is 4.73. The fourth-order valence-corrected chi connectivity index (χ4v) is 2.45. The fourth-order valence-electron chi connectivity index (χ4n) is 1.17. The van der Waals surface area contributed by atoms with Crippen molar-refractivity contribution in [1.29, 1.82) is 5.26 Å². The van der Waals surface area contributed by atoms with Gasteiger partial charge in [-0.25, -0.2) is 0 Å². The normalized spacial score (nSPS) is 11.8. The Morgan fingerprint density at radius 3 is 2.88 bits per heavy atom. The average molecular weight is 256 g/mol. The number of carboxylic acid groups (broad SMARTS) is 1. The van der Waals surface area contributed by atoms with Gasteiger partial charge in [-0.2, -0.15) is 5.26 Å². The molecule has 5 heteroatoms. The molecule has 1 unspecified atom stereocenters. The van der Waals surface area contributed by atoms with Gasteiger partial charge in [0.1, 0.15) is 11.3 Å². The highest BCUT2D eigenvalue weighted by atomic mass is 35.5. The highest BCUT2D eigenvalue weighted by Crippen LogP contribution is 2.31. The molecule has 0 aliphatic heterocycles. The van der Waals surface area contributed by atoms with Crippen molar-refractivity contribution >= 4 is 29.3 Å². The first-order valence-electron chi connectivity index (χ1n) is 4.68. The lowest BCUT2D eigenvalue weighted by atomic mass is 10.2. The summed E-state index contributed by atoms with van der Waals surface area (Å²) >= 11 is 7.01. The van der Waals surface area contributed by atoms with E-state index in [1.54, 1.807) is 25.1 Å². The molecule has 0 saturated heterocycles. The quantitative estimate of drug-likeness (QED) is 0.840. The molecule has 16 heavy (non-hydrogen) atoms. The number of hydrogen-bond donors (Lipinski definition) is 1. The molecular weight excluding hydrogens is 246 g/mol. The maximum absolute atomic E-state index is 10.9. The molecule has 0 spiro atoms. The van der Waals surface area contributed by atoms with Gasteiger partial charge in [-0.3, -0.25) is 4.79 Å². The molecule has 0 aromatic heterocycles. The zero-order chi connectivity index (χ0) is 12.1. The first-order valence-corrected chi connectivity index (χ1v) is 5.94. The smallest absolute Gasteiger partial charge is 0.316 e. The van der Waals surface area contributed by atoms with Crippen molar-refractivity contribution in [1.82, 2.24) is 0 Å². The van der Waals surface area contributed by atoms with Gasteiger partial charge in [-0.05, 0) is 18.6 Å². The van der Waals surface area contributed by atoms with Gasteiger partial charge in [0.2, 0.25) is 0 Å².